The number of benzene rings is 2. The molecule has 0 aliphatic rings. The Balaban J connectivity index is 1.97. The molecule has 2 aromatic carbocycles. The van der Waals surface area contributed by atoms with E-state index in [1.54, 1.807) is 17.6 Å². The largest absolute Gasteiger partial charge is 0.462 e. The second-order valence-corrected chi connectivity index (χ2v) is 5.77. The Hall–Kier alpha value is -3.47. The molecule has 0 spiro atoms. The maximum atomic E-state index is 12.5. The molecule has 0 radical (unpaired) electrons. The predicted octanol–water partition coefficient (Wildman–Crippen LogP) is 4.24. The highest BCUT2D eigenvalue weighted by Gasteiger charge is 2.20. The summed E-state index contributed by atoms with van der Waals surface area (Å²) in [4.78, 5) is 16.9. The molecule has 0 amide bonds. The number of hydrogen-bond donors (Lipinski definition) is 0. The van der Waals surface area contributed by atoms with Gasteiger partial charge in [-0.25, -0.2) is 14.3 Å². The van der Waals surface area contributed by atoms with Gasteiger partial charge in [0.1, 0.15) is 5.56 Å². The molecule has 0 saturated carbocycles. The second kappa shape index (κ2) is 6.80. The highest BCUT2D eigenvalue weighted by Crippen LogP contribution is 2.27. The zero-order chi connectivity index (χ0) is 17.9. The highest BCUT2D eigenvalue weighted by atomic mass is 16.5. The summed E-state index contributed by atoms with van der Waals surface area (Å²) < 4.78 is 6.92. The Kier molecular flexibility index (Phi) is 4.19. The number of carbonyl (C=O) groups excluding carboxylic acids is 1. The number of rotatable bonds is 4. The molecule has 2 heterocycles. The topological polar surface area (TPSA) is 56.5 Å². The fraction of sp³-hybridized carbons (Fsp3) is 0.0952. The van der Waals surface area contributed by atoms with E-state index in [2.05, 4.69) is 4.98 Å². The van der Waals surface area contributed by atoms with Crippen molar-refractivity contribution in [2.24, 2.45) is 0 Å². The van der Waals surface area contributed by atoms with Gasteiger partial charge in [-0.05, 0) is 6.92 Å². The monoisotopic (exact) mass is 343 g/mol. The SMILES string of the molecule is CCOC(=O)c1cnc2cc(-c3ccccc3)nn2c1-c1ccccc1. The molecule has 0 aliphatic heterocycles. The van der Waals surface area contributed by atoms with E-state index in [1.165, 1.54) is 0 Å². The summed E-state index contributed by atoms with van der Waals surface area (Å²) in [5.74, 6) is -0.405. The molecule has 0 N–H and O–H groups in total. The van der Waals surface area contributed by atoms with E-state index in [9.17, 15) is 4.79 Å². The van der Waals surface area contributed by atoms with E-state index in [-0.39, 0.29) is 0 Å². The molecule has 0 atom stereocenters. The minimum absolute atomic E-state index is 0.305. The number of nitrogens with zero attached hydrogens (tertiary/aromatic N) is 3. The van der Waals surface area contributed by atoms with Crippen molar-refractivity contribution in [3.05, 3.63) is 78.5 Å². The van der Waals surface area contributed by atoms with Crippen molar-refractivity contribution >= 4 is 11.6 Å². The third-order valence-corrected chi connectivity index (χ3v) is 4.10. The van der Waals surface area contributed by atoms with Gasteiger partial charge in [-0.3, -0.25) is 0 Å². The lowest BCUT2D eigenvalue weighted by Gasteiger charge is -2.10. The Morgan fingerprint density at radius 2 is 1.65 bits per heavy atom. The van der Waals surface area contributed by atoms with E-state index in [0.29, 0.717) is 23.5 Å². The van der Waals surface area contributed by atoms with Gasteiger partial charge in [0.25, 0.3) is 0 Å². The number of carbonyl (C=O) groups is 1. The van der Waals surface area contributed by atoms with Crippen LogP contribution < -0.4 is 0 Å². The number of hydrogen-bond acceptors (Lipinski definition) is 4. The van der Waals surface area contributed by atoms with Gasteiger partial charge < -0.3 is 4.74 Å². The third-order valence-electron chi connectivity index (χ3n) is 4.10. The molecule has 5 nitrogen and oxygen atoms in total. The van der Waals surface area contributed by atoms with E-state index in [1.807, 2.05) is 66.7 Å². The highest BCUT2D eigenvalue weighted by molar-refractivity contribution is 5.96. The third kappa shape index (κ3) is 2.84. The molecule has 5 heteroatoms. The van der Waals surface area contributed by atoms with Crippen molar-refractivity contribution in [2.45, 2.75) is 6.92 Å². The average Bonchev–Trinajstić information content (AvgIpc) is 3.13. The molecule has 2 aromatic heterocycles. The first-order chi connectivity index (χ1) is 12.8. The molecule has 4 aromatic rings. The van der Waals surface area contributed by atoms with E-state index < -0.39 is 5.97 Å². The summed E-state index contributed by atoms with van der Waals surface area (Å²) in [6.07, 6.45) is 1.56. The van der Waals surface area contributed by atoms with Crippen molar-refractivity contribution in [1.29, 1.82) is 0 Å². The van der Waals surface area contributed by atoms with Gasteiger partial charge in [-0.1, -0.05) is 60.7 Å². The Morgan fingerprint density at radius 1 is 1.00 bits per heavy atom. The number of esters is 1. The zero-order valence-corrected chi connectivity index (χ0v) is 14.3. The van der Waals surface area contributed by atoms with Gasteiger partial charge in [0.05, 0.1) is 18.0 Å². The molecule has 4 rings (SSSR count). The lowest BCUT2D eigenvalue weighted by Crippen LogP contribution is -2.11. The lowest BCUT2D eigenvalue weighted by molar-refractivity contribution is 0.0526. The van der Waals surface area contributed by atoms with Gasteiger partial charge in [0.2, 0.25) is 0 Å². The van der Waals surface area contributed by atoms with Crippen LogP contribution in [0.2, 0.25) is 0 Å². The minimum Gasteiger partial charge on any atom is -0.462 e. The van der Waals surface area contributed by atoms with Gasteiger partial charge >= 0.3 is 5.97 Å². The van der Waals surface area contributed by atoms with Crippen molar-refractivity contribution in [3.8, 4) is 22.5 Å². The normalized spacial score (nSPS) is 10.8. The van der Waals surface area contributed by atoms with Crippen LogP contribution >= 0.6 is 0 Å². The summed E-state index contributed by atoms with van der Waals surface area (Å²) in [6.45, 7) is 2.09. The quantitative estimate of drug-likeness (QED) is 0.520. The van der Waals surface area contributed by atoms with Gasteiger partial charge in [0, 0.05) is 23.4 Å². The van der Waals surface area contributed by atoms with Gasteiger partial charge in [-0.15, -0.1) is 0 Å². The average molecular weight is 343 g/mol. The van der Waals surface area contributed by atoms with Crippen LogP contribution in [0.4, 0.5) is 0 Å². The van der Waals surface area contributed by atoms with Crippen LogP contribution in [-0.2, 0) is 4.74 Å². The summed E-state index contributed by atoms with van der Waals surface area (Å²) in [6, 6.07) is 21.5. The molecule has 0 fully saturated rings. The van der Waals surface area contributed by atoms with E-state index in [4.69, 9.17) is 9.84 Å². The van der Waals surface area contributed by atoms with Crippen LogP contribution in [0.15, 0.2) is 72.9 Å². The zero-order valence-electron chi connectivity index (χ0n) is 14.3. The summed E-state index contributed by atoms with van der Waals surface area (Å²) in [5.41, 5.74) is 4.43. The molecule has 0 saturated heterocycles. The van der Waals surface area contributed by atoms with E-state index in [0.717, 1.165) is 16.8 Å². The van der Waals surface area contributed by atoms with Crippen molar-refractivity contribution in [1.82, 2.24) is 14.6 Å². The van der Waals surface area contributed by atoms with Crippen molar-refractivity contribution in [3.63, 3.8) is 0 Å². The summed E-state index contributed by atoms with van der Waals surface area (Å²) in [7, 11) is 0. The first-order valence-corrected chi connectivity index (χ1v) is 8.44. The molecule has 26 heavy (non-hydrogen) atoms. The van der Waals surface area contributed by atoms with Crippen molar-refractivity contribution < 1.29 is 9.53 Å². The van der Waals surface area contributed by atoms with Crippen LogP contribution in [0.25, 0.3) is 28.2 Å². The molecule has 128 valence electrons. The molecular weight excluding hydrogens is 326 g/mol. The smallest absolute Gasteiger partial charge is 0.341 e. The molecule has 0 unspecified atom stereocenters. The number of fused-ring (bicyclic) bond motifs is 1. The maximum absolute atomic E-state index is 12.5. The molecular formula is C21H17N3O2. The number of ether oxygens (including phenoxy) is 1. The number of aromatic nitrogens is 3. The van der Waals surface area contributed by atoms with Crippen LogP contribution in [0.3, 0.4) is 0 Å². The Labute approximate surface area is 150 Å². The maximum Gasteiger partial charge on any atom is 0.341 e. The summed E-state index contributed by atoms with van der Waals surface area (Å²) in [5, 5.41) is 4.71. The second-order valence-electron chi connectivity index (χ2n) is 5.77. The van der Waals surface area contributed by atoms with Gasteiger partial charge in [-0.2, -0.15) is 5.10 Å². The van der Waals surface area contributed by atoms with Crippen LogP contribution in [-0.4, -0.2) is 27.2 Å². The first-order valence-electron chi connectivity index (χ1n) is 8.44. The Morgan fingerprint density at radius 3 is 2.31 bits per heavy atom. The first kappa shape index (κ1) is 16.0. The Bertz CT molecular complexity index is 1060. The van der Waals surface area contributed by atoms with Gasteiger partial charge in [0.15, 0.2) is 5.65 Å². The fourth-order valence-electron chi connectivity index (χ4n) is 2.92. The van der Waals surface area contributed by atoms with Crippen LogP contribution in [0, 0.1) is 0 Å². The molecule has 0 aliphatic carbocycles. The minimum atomic E-state index is -0.405. The predicted molar refractivity (Wildman–Crippen MR) is 99.8 cm³/mol. The van der Waals surface area contributed by atoms with Crippen LogP contribution in [0.1, 0.15) is 17.3 Å². The van der Waals surface area contributed by atoms with Crippen LogP contribution in [0.5, 0.6) is 0 Å². The molecule has 0 bridgehead atoms. The van der Waals surface area contributed by atoms with E-state index >= 15 is 0 Å². The standard InChI is InChI=1S/C21H17N3O2/c1-2-26-21(25)17-14-22-19-13-18(15-9-5-3-6-10-15)23-24(19)20(17)16-11-7-4-8-12-16/h3-14H,2H2,1H3. The lowest BCUT2D eigenvalue weighted by atomic mass is 10.1. The summed E-state index contributed by atoms with van der Waals surface area (Å²) >= 11 is 0. The fourth-order valence-corrected chi connectivity index (χ4v) is 2.92. The van der Waals surface area contributed by atoms with Crippen molar-refractivity contribution in [2.75, 3.05) is 6.61 Å².